The molecule has 0 aliphatic carbocycles. The van der Waals surface area contributed by atoms with Gasteiger partial charge in [0, 0.05) is 74.6 Å². The second-order valence-corrected chi connectivity index (χ2v) is 10.4. The molecule has 15 heteroatoms. The maximum absolute atomic E-state index is 16.0. The van der Waals surface area contributed by atoms with Crippen molar-refractivity contribution >= 4 is 16.7 Å². The van der Waals surface area contributed by atoms with Gasteiger partial charge < -0.3 is 9.47 Å². The highest BCUT2D eigenvalue weighted by Gasteiger charge is 2.41. The molecule has 11 nitrogen and oxygen atoms in total. The number of anilines is 1. The summed E-state index contributed by atoms with van der Waals surface area (Å²) in [6, 6.07) is 5.45. The number of rotatable bonds is 4. The van der Waals surface area contributed by atoms with Crippen LogP contribution in [0.5, 0.6) is 0 Å². The number of nitriles is 1. The number of aromatic nitrogens is 9. The summed E-state index contributed by atoms with van der Waals surface area (Å²) < 4.78 is 59.2. The average Bonchev–Trinajstić information content (AvgIpc) is 3.65. The van der Waals surface area contributed by atoms with Gasteiger partial charge in [0.1, 0.15) is 12.4 Å². The molecule has 0 amide bonds. The molecule has 5 aromatic heterocycles. The summed E-state index contributed by atoms with van der Waals surface area (Å²) in [6.07, 6.45) is -0.842. The first-order valence-corrected chi connectivity index (χ1v) is 13.1. The molecule has 0 saturated carbocycles. The van der Waals surface area contributed by atoms with Crippen molar-refractivity contribution in [2.75, 3.05) is 18.0 Å². The number of piperidine rings is 1. The molecule has 0 radical (unpaired) electrons. The fourth-order valence-electron chi connectivity index (χ4n) is 5.59. The molecular formula is C27H25F4N11. The number of fused-ring (bicyclic) bond motifs is 1. The van der Waals surface area contributed by atoms with Gasteiger partial charge in [-0.25, -0.2) is 14.4 Å². The lowest BCUT2D eigenvalue weighted by atomic mass is 9.91. The van der Waals surface area contributed by atoms with Gasteiger partial charge in [-0.3, -0.25) is 4.68 Å². The molecule has 0 N–H and O–H groups in total. The van der Waals surface area contributed by atoms with E-state index in [4.69, 9.17) is 4.98 Å². The Kier molecular flexibility index (Phi) is 6.25. The van der Waals surface area contributed by atoms with Crippen LogP contribution in [-0.4, -0.2) is 57.4 Å². The number of hydrogen-bond donors (Lipinski definition) is 0. The smallest absolute Gasteiger partial charge is 0.368 e. The number of halogens is 4. The zero-order valence-electron chi connectivity index (χ0n) is 23.1. The summed E-state index contributed by atoms with van der Waals surface area (Å²) in [4.78, 5) is 11.0. The van der Waals surface area contributed by atoms with Crippen LogP contribution in [0.2, 0.25) is 0 Å². The monoisotopic (exact) mass is 579 g/mol. The van der Waals surface area contributed by atoms with Crippen LogP contribution in [0.3, 0.4) is 0 Å². The van der Waals surface area contributed by atoms with Crippen molar-refractivity contribution in [1.82, 2.24) is 44.3 Å². The van der Waals surface area contributed by atoms with E-state index in [1.807, 2.05) is 18.7 Å². The molecule has 6 rings (SSSR count). The van der Waals surface area contributed by atoms with Crippen molar-refractivity contribution in [2.24, 2.45) is 14.1 Å². The summed E-state index contributed by atoms with van der Waals surface area (Å²) in [5.74, 6) is 0.232. The summed E-state index contributed by atoms with van der Waals surface area (Å²) >= 11 is 0. The van der Waals surface area contributed by atoms with Crippen LogP contribution in [0, 0.1) is 25.2 Å². The number of pyridine rings is 2. The second-order valence-electron chi connectivity index (χ2n) is 10.4. The van der Waals surface area contributed by atoms with Gasteiger partial charge in [0.15, 0.2) is 17.1 Å². The van der Waals surface area contributed by atoms with Crippen molar-refractivity contribution in [3.8, 4) is 28.6 Å². The normalized spacial score (nSPS) is 15.4. The first-order valence-electron chi connectivity index (χ1n) is 13.1. The van der Waals surface area contributed by atoms with Gasteiger partial charge in [0.25, 0.3) is 0 Å². The topological polar surface area (TPSA) is 119 Å². The van der Waals surface area contributed by atoms with E-state index >= 15 is 4.39 Å². The highest BCUT2D eigenvalue weighted by Crippen LogP contribution is 2.42. The largest absolute Gasteiger partial charge is 0.504 e. The third-order valence-electron chi connectivity index (χ3n) is 7.75. The van der Waals surface area contributed by atoms with Crippen molar-refractivity contribution in [3.63, 3.8) is 0 Å². The lowest BCUT2D eigenvalue weighted by Crippen LogP contribution is -2.42. The Hall–Kier alpha value is -4.87. The van der Waals surface area contributed by atoms with Gasteiger partial charge in [-0.1, -0.05) is 0 Å². The van der Waals surface area contributed by atoms with Crippen molar-refractivity contribution < 1.29 is 17.6 Å². The summed E-state index contributed by atoms with van der Waals surface area (Å²) in [5, 5.41) is 26.3. The first kappa shape index (κ1) is 27.3. The Bertz CT molecular complexity index is 1870. The SMILES string of the molecule is Cc1nn(C)c(C)c1-c1cc(C#N)c(N2CCC(F)(c3nncn3C)CC2)c(-c2cnc3nn(C(F)(F)F)cc3c2)n1. The fraction of sp³-hybridized carbons (Fsp3) is 0.370. The van der Waals surface area contributed by atoms with Crippen LogP contribution in [0.15, 0.2) is 30.9 Å². The van der Waals surface area contributed by atoms with Crippen LogP contribution in [0.1, 0.15) is 35.6 Å². The predicted molar refractivity (Wildman–Crippen MR) is 144 cm³/mol. The van der Waals surface area contributed by atoms with Crippen molar-refractivity contribution in [3.05, 3.63) is 53.6 Å². The lowest BCUT2D eigenvalue weighted by molar-refractivity contribution is -0.211. The summed E-state index contributed by atoms with van der Waals surface area (Å²) in [5.41, 5.74) is 2.42. The van der Waals surface area contributed by atoms with Gasteiger partial charge in [-0.15, -0.1) is 28.5 Å². The van der Waals surface area contributed by atoms with Crippen LogP contribution in [0.25, 0.3) is 33.5 Å². The first-order chi connectivity index (χ1) is 19.9. The average molecular weight is 580 g/mol. The van der Waals surface area contributed by atoms with Crippen LogP contribution >= 0.6 is 0 Å². The van der Waals surface area contributed by atoms with Crippen LogP contribution in [-0.2, 0) is 26.1 Å². The molecule has 0 spiro atoms. The van der Waals surface area contributed by atoms with E-state index in [9.17, 15) is 18.4 Å². The Labute approximate surface area is 237 Å². The van der Waals surface area contributed by atoms with Crippen molar-refractivity contribution in [1.29, 1.82) is 5.26 Å². The molecule has 1 fully saturated rings. The molecule has 0 bridgehead atoms. The maximum atomic E-state index is 16.0. The Morgan fingerprint density at radius 1 is 1.07 bits per heavy atom. The maximum Gasteiger partial charge on any atom is 0.504 e. The highest BCUT2D eigenvalue weighted by atomic mass is 19.4. The van der Waals surface area contributed by atoms with Gasteiger partial charge in [0.05, 0.1) is 28.3 Å². The van der Waals surface area contributed by atoms with E-state index in [0.29, 0.717) is 28.3 Å². The van der Waals surface area contributed by atoms with Crippen molar-refractivity contribution in [2.45, 2.75) is 38.7 Å². The Balaban J connectivity index is 1.50. The van der Waals surface area contributed by atoms with E-state index in [1.165, 1.54) is 18.6 Å². The standard InChI is InChI=1S/C27H25F4N11/c1-15-21(16(2)40(4)37-15)20-10-17(11-32)23(41-7-5-26(28,6-8-41)25-36-34-14-39(25)3)22(35-20)18-9-19-13-42(27(29,30)31)38-24(19)33-12-18/h9-10,12-14H,5-8H2,1-4H3. The Morgan fingerprint density at radius 2 is 1.81 bits per heavy atom. The predicted octanol–water partition coefficient (Wildman–Crippen LogP) is 4.45. The third-order valence-corrected chi connectivity index (χ3v) is 7.75. The minimum absolute atomic E-state index is 0.0854. The summed E-state index contributed by atoms with van der Waals surface area (Å²) in [6.45, 7) is 4.19. The molecule has 0 unspecified atom stereocenters. The van der Waals surface area contributed by atoms with Gasteiger partial charge in [-0.05, 0) is 26.0 Å². The van der Waals surface area contributed by atoms with Gasteiger partial charge in [0.2, 0.25) is 0 Å². The Morgan fingerprint density at radius 3 is 2.40 bits per heavy atom. The second kappa shape index (κ2) is 9.61. The van der Waals surface area contributed by atoms with Gasteiger partial charge in [-0.2, -0.15) is 15.0 Å². The molecule has 6 heterocycles. The molecule has 42 heavy (non-hydrogen) atoms. The molecule has 0 aromatic carbocycles. The van der Waals surface area contributed by atoms with Crippen LogP contribution < -0.4 is 4.90 Å². The zero-order valence-corrected chi connectivity index (χ0v) is 23.1. The van der Waals surface area contributed by atoms with E-state index in [-0.39, 0.29) is 53.0 Å². The zero-order chi connectivity index (χ0) is 30.0. The highest BCUT2D eigenvalue weighted by molar-refractivity contribution is 5.87. The van der Waals surface area contributed by atoms with Crippen LogP contribution in [0.4, 0.5) is 23.2 Å². The molecule has 0 atom stereocenters. The molecule has 5 aromatic rings. The van der Waals surface area contributed by atoms with E-state index in [0.717, 1.165) is 17.5 Å². The number of aryl methyl sites for hydroxylation is 3. The molecule has 1 aliphatic heterocycles. The van der Waals surface area contributed by atoms with E-state index in [2.05, 4.69) is 31.4 Å². The summed E-state index contributed by atoms with van der Waals surface area (Å²) in [7, 11) is 3.49. The fourth-order valence-corrected chi connectivity index (χ4v) is 5.59. The molecule has 216 valence electrons. The van der Waals surface area contributed by atoms with Gasteiger partial charge >= 0.3 is 6.30 Å². The minimum Gasteiger partial charge on any atom is -0.368 e. The number of alkyl halides is 4. The number of nitrogens with zero attached hydrogens (tertiary/aromatic N) is 11. The molecule has 1 saturated heterocycles. The molecular weight excluding hydrogens is 554 g/mol. The molecule has 1 aliphatic rings. The quantitative estimate of drug-likeness (QED) is 0.287. The van der Waals surface area contributed by atoms with E-state index in [1.54, 1.807) is 29.4 Å². The number of hydrogen-bond acceptors (Lipinski definition) is 8. The minimum atomic E-state index is -4.71. The lowest BCUT2D eigenvalue weighted by Gasteiger charge is -2.38. The third kappa shape index (κ3) is 4.43. The van der Waals surface area contributed by atoms with E-state index < -0.39 is 12.0 Å².